The van der Waals surface area contributed by atoms with E-state index in [2.05, 4.69) is 37.9 Å². The third-order valence-electron chi connectivity index (χ3n) is 3.87. The first-order valence-electron chi connectivity index (χ1n) is 7.11. The first kappa shape index (κ1) is 14.0. The Labute approximate surface area is 102 Å². The fourth-order valence-corrected chi connectivity index (χ4v) is 2.69. The smallest absolute Gasteiger partial charge is 0.0113 e. The quantitative estimate of drug-likeness (QED) is 0.672. The van der Waals surface area contributed by atoms with E-state index in [1.165, 1.54) is 38.8 Å². The van der Waals surface area contributed by atoms with E-state index >= 15 is 0 Å². The minimum atomic E-state index is 0.803. The van der Waals surface area contributed by atoms with Gasteiger partial charge in [0, 0.05) is 25.2 Å². The maximum atomic E-state index is 3.57. The van der Waals surface area contributed by atoms with Gasteiger partial charge in [0.15, 0.2) is 0 Å². The Kier molecular flexibility index (Phi) is 6.37. The second-order valence-corrected chi connectivity index (χ2v) is 5.66. The molecule has 1 saturated heterocycles. The van der Waals surface area contributed by atoms with Crippen molar-refractivity contribution in [3.63, 3.8) is 0 Å². The lowest BCUT2D eigenvalue weighted by molar-refractivity contribution is 0.199. The summed E-state index contributed by atoms with van der Waals surface area (Å²) < 4.78 is 0. The second-order valence-electron chi connectivity index (χ2n) is 5.66. The number of nitrogens with zero attached hydrogens (tertiary/aromatic N) is 1. The largest absolute Gasteiger partial charge is 0.315 e. The summed E-state index contributed by atoms with van der Waals surface area (Å²) in [5.74, 6) is 0.821. The van der Waals surface area contributed by atoms with Crippen LogP contribution in [0.15, 0.2) is 0 Å². The molecular formula is C14H30N2. The van der Waals surface area contributed by atoms with Gasteiger partial charge in [-0.15, -0.1) is 0 Å². The molecule has 0 amide bonds. The molecule has 1 N–H and O–H groups in total. The van der Waals surface area contributed by atoms with E-state index in [-0.39, 0.29) is 0 Å². The van der Waals surface area contributed by atoms with E-state index < -0.39 is 0 Å². The zero-order chi connectivity index (χ0) is 12.0. The maximum Gasteiger partial charge on any atom is 0.0113 e. The monoisotopic (exact) mass is 226 g/mol. The fourth-order valence-electron chi connectivity index (χ4n) is 2.69. The highest BCUT2D eigenvalue weighted by molar-refractivity contribution is 4.84. The average molecular weight is 226 g/mol. The first-order valence-corrected chi connectivity index (χ1v) is 7.11. The molecular weight excluding hydrogens is 196 g/mol. The summed E-state index contributed by atoms with van der Waals surface area (Å²) in [6, 6.07) is 1.65. The standard InChI is InChI=1S/C14H30N2/c1-5-14-7-6-13(4)16(14)11-10-15-9-8-12(2)3/h12-15H,5-11H2,1-4H3. The molecule has 16 heavy (non-hydrogen) atoms. The van der Waals surface area contributed by atoms with Crippen molar-refractivity contribution >= 4 is 0 Å². The first-order chi connectivity index (χ1) is 7.65. The highest BCUT2D eigenvalue weighted by Crippen LogP contribution is 2.24. The average Bonchev–Trinajstić information content (AvgIpc) is 2.59. The Morgan fingerprint density at radius 3 is 2.62 bits per heavy atom. The molecule has 0 aromatic rings. The van der Waals surface area contributed by atoms with E-state index in [1.807, 2.05) is 0 Å². The van der Waals surface area contributed by atoms with Crippen molar-refractivity contribution in [1.82, 2.24) is 10.2 Å². The number of rotatable bonds is 7. The van der Waals surface area contributed by atoms with Gasteiger partial charge in [-0.1, -0.05) is 20.8 Å². The zero-order valence-corrected chi connectivity index (χ0v) is 11.6. The van der Waals surface area contributed by atoms with E-state index in [4.69, 9.17) is 0 Å². The second kappa shape index (κ2) is 7.29. The summed E-state index contributed by atoms with van der Waals surface area (Å²) in [5, 5.41) is 3.57. The summed E-state index contributed by atoms with van der Waals surface area (Å²) in [6.45, 7) is 12.8. The third kappa shape index (κ3) is 4.42. The molecule has 0 saturated carbocycles. The molecule has 2 nitrogen and oxygen atoms in total. The van der Waals surface area contributed by atoms with Gasteiger partial charge in [-0.3, -0.25) is 4.90 Å². The van der Waals surface area contributed by atoms with Crippen molar-refractivity contribution in [3.05, 3.63) is 0 Å². The van der Waals surface area contributed by atoms with Gasteiger partial charge in [0.2, 0.25) is 0 Å². The molecule has 1 fully saturated rings. The van der Waals surface area contributed by atoms with Crippen LogP contribution in [-0.2, 0) is 0 Å². The van der Waals surface area contributed by atoms with E-state index in [0.717, 1.165) is 24.5 Å². The lowest BCUT2D eigenvalue weighted by atomic mass is 10.1. The molecule has 1 heterocycles. The molecule has 1 rings (SSSR count). The molecule has 0 bridgehead atoms. The van der Waals surface area contributed by atoms with Crippen LogP contribution in [0.5, 0.6) is 0 Å². The highest BCUT2D eigenvalue weighted by Gasteiger charge is 2.28. The van der Waals surface area contributed by atoms with E-state index in [1.54, 1.807) is 0 Å². The van der Waals surface area contributed by atoms with Crippen molar-refractivity contribution in [2.45, 2.75) is 65.5 Å². The van der Waals surface area contributed by atoms with Crippen molar-refractivity contribution < 1.29 is 0 Å². The van der Waals surface area contributed by atoms with Crippen molar-refractivity contribution in [1.29, 1.82) is 0 Å². The molecule has 2 unspecified atom stereocenters. The Hall–Kier alpha value is -0.0800. The summed E-state index contributed by atoms with van der Waals surface area (Å²) in [4.78, 5) is 2.70. The molecule has 2 atom stereocenters. The predicted molar refractivity (Wildman–Crippen MR) is 71.8 cm³/mol. The van der Waals surface area contributed by atoms with Crippen LogP contribution in [0.3, 0.4) is 0 Å². The summed E-state index contributed by atoms with van der Waals surface area (Å²) in [5.41, 5.74) is 0. The molecule has 1 aliphatic rings. The normalized spacial score (nSPS) is 26.8. The van der Waals surface area contributed by atoms with Gasteiger partial charge in [-0.05, 0) is 45.1 Å². The van der Waals surface area contributed by atoms with Crippen LogP contribution < -0.4 is 5.32 Å². The van der Waals surface area contributed by atoms with Gasteiger partial charge in [-0.2, -0.15) is 0 Å². The van der Waals surface area contributed by atoms with E-state index in [9.17, 15) is 0 Å². The molecule has 1 aliphatic heterocycles. The number of nitrogens with one attached hydrogen (secondary N) is 1. The van der Waals surface area contributed by atoms with Crippen LogP contribution in [0.2, 0.25) is 0 Å². The summed E-state index contributed by atoms with van der Waals surface area (Å²) in [6.07, 6.45) is 5.41. The topological polar surface area (TPSA) is 15.3 Å². The minimum absolute atomic E-state index is 0.803. The predicted octanol–water partition coefficient (Wildman–Crippen LogP) is 2.89. The van der Waals surface area contributed by atoms with Crippen LogP contribution in [0, 0.1) is 5.92 Å². The maximum absolute atomic E-state index is 3.57. The van der Waals surface area contributed by atoms with Crippen LogP contribution >= 0.6 is 0 Å². The highest BCUT2D eigenvalue weighted by atomic mass is 15.2. The minimum Gasteiger partial charge on any atom is -0.315 e. The number of hydrogen-bond acceptors (Lipinski definition) is 2. The summed E-state index contributed by atoms with van der Waals surface area (Å²) >= 11 is 0. The molecule has 2 heteroatoms. The Morgan fingerprint density at radius 2 is 2.00 bits per heavy atom. The molecule has 0 aromatic heterocycles. The molecule has 0 aliphatic carbocycles. The van der Waals surface area contributed by atoms with Gasteiger partial charge in [0.1, 0.15) is 0 Å². The van der Waals surface area contributed by atoms with Crippen LogP contribution in [0.4, 0.5) is 0 Å². The van der Waals surface area contributed by atoms with Gasteiger partial charge >= 0.3 is 0 Å². The number of hydrogen-bond donors (Lipinski definition) is 1. The van der Waals surface area contributed by atoms with Crippen LogP contribution in [0.25, 0.3) is 0 Å². The fraction of sp³-hybridized carbons (Fsp3) is 1.00. The number of likely N-dealkylation sites (tertiary alicyclic amines) is 1. The Bertz CT molecular complexity index is 180. The van der Waals surface area contributed by atoms with Crippen LogP contribution in [-0.4, -0.2) is 36.6 Å². The van der Waals surface area contributed by atoms with Gasteiger partial charge in [0.25, 0.3) is 0 Å². The Morgan fingerprint density at radius 1 is 1.25 bits per heavy atom. The molecule has 96 valence electrons. The van der Waals surface area contributed by atoms with Gasteiger partial charge in [0.05, 0.1) is 0 Å². The van der Waals surface area contributed by atoms with E-state index in [0.29, 0.717) is 0 Å². The molecule has 0 aromatic carbocycles. The van der Waals surface area contributed by atoms with Crippen molar-refractivity contribution in [2.75, 3.05) is 19.6 Å². The zero-order valence-electron chi connectivity index (χ0n) is 11.6. The van der Waals surface area contributed by atoms with Gasteiger partial charge < -0.3 is 5.32 Å². The third-order valence-corrected chi connectivity index (χ3v) is 3.87. The van der Waals surface area contributed by atoms with Crippen LogP contribution in [0.1, 0.15) is 53.4 Å². The van der Waals surface area contributed by atoms with Crippen molar-refractivity contribution in [2.24, 2.45) is 5.92 Å². The summed E-state index contributed by atoms with van der Waals surface area (Å²) in [7, 11) is 0. The Balaban J connectivity index is 2.11. The van der Waals surface area contributed by atoms with Gasteiger partial charge in [-0.25, -0.2) is 0 Å². The lowest BCUT2D eigenvalue weighted by Crippen LogP contribution is -2.39. The molecule has 0 spiro atoms. The lowest BCUT2D eigenvalue weighted by Gasteiger charge is -2.27. The SMILES string of the molecule is CCC1CCC(C)N1CCNCCC(C)C. The molecule has 0 radical (unpaired) electrons. The van der Waals surface area contributed by atoms with Crippen molar-refractivity contribution in [3.8, 4) is 0 Å².